The van der Waals surface area contributed by atoms with Crippen LogP contribution < -0.4 is 5.32 Å². The number of nitrogens with zero attached hydrogens (tertiary/aromatic N) is 3. The van der Waals surface area contributed by atoms with Gasteiger partial charge >= 0.3 is 0 Å². The van der Waals surface area contributed by atoms with Crippen LogP contribution in [0.3, 0.4) is 0 Å². The molecule has 3 heterocycles. The van der Waals surface area contributed by atoms with Crippen molar-refractivity contribution in [1.29, 1.82) is 0 Å². The second-order valence-corrected chi connectivity index (χ2v) is 7.92. The van der Waals surface area contributed by atoms with Crippen LogP contribution >= 0.6 is 0 Å². The average molecular weight is 314 g/mol. The van der Waals surface area contributed by atoms with Crippen molar-refractivity contribution in [3.63, 3.8) is 0 Å². The van der Waals surface area contributed by atoms with Gasteiger partial charge in [-0.15, -0.1) is 10.2 Å². The Morgan fingerprint density at radius 1 is 1.05 bits per heavy atom. The second-order valence-electron chi connectivity index (χ2n) is 5.94. The SMILES string of the molecule is CS(=O)(=O)N1CCC(c2nnc(C3CCNCC3)o2)CC1. The molecule has 2 aliphatic rings. The Morgan fingerprint density at radius 2 is 1.57 bits per heavy atom. The summed E-state index contributed by atoms with van der Waals surface area (Å²) < 4.78 is 30.4. The normalized spacial score (nSPS) is 23.5. The number of hydrogen-bond acceptors (Lipinski definition) is 6. The largest absolute Gasteiger partial charge is 0.425 e. The number of sulfonamides is 1. The fourth-order valence-corrected chi connectivity index (χ4v) is 3.95. The molecule has 1 aromatic heterocycles. The molecule has 21 heavy (non-hydrogen) atoms. The summed E-state index contributed by atoms with van der Waals surface area (Å²) in [6.45, 7) is 3.06. The highest BCUT2D eigenvalue weighted by Gasteiger charge is 2.30. The minimum atomic E-state index is -3.08. The van der Waals surface area contributed by atoms with Crippen molar-refractivity contribution in [2.24, 2.45) is 0 Å². The first-order valence-electron chi connectivity index (χ1n) is 7.53. The Bertz CT molecular complexity index is 572. The molecule has 0 aliphatic carbocycles. The van der Waals surface area contributed by atoms with Crippen LogP contribution in [-0.2, 0) is 10.0 Å². The van der Waals surface area contributed by atoms with Crippen LogP contribution in [0.4, 0.5) is 0 Å². The van der Waals surface area contributed by atoms with E-state index in [0.29, 0.717) is 24.9 Å². The summed E-state index contributed by atoms with van der Waals surface area (Å²) in [6.07, 6.45) is 4.83. The van der Waals surface area contributed by atoms with Crippen LogP contribution in [0.1, 0.15) is 49.3 Å². The molecule has 0 amide bonds. The number of nitrogens with one attached hydrogen (secondary N) is 1. The Kier molecular flexibility index (Phi) is 4.28. The van der Waals surface area contributed by atoms with Crippen LogP contribution in [0.5, 0.6) is 0 Å². The number of hydrogen-bond donors (Lipinski definition) is 1. The topological polar surface area (TPSA) is 88.3 Å². The quantitative estimate of drug-likeness (QED) is 0.882. The maximum atomic E-state index is 11.5. The summed E-state index contributed by atoms with van der Waals surface area (Å²) >= 11 is 0. The average Bonchev–Trinajstić information content (AvgIpc) is 2.97. The van der Waals surface area contributed by atoms with Gasteiger partial charge in [0.05, 0.1) is 6.26 Å². The van der Waals surface area contributed by atoms with E-state index in [4.69, 9.17) is 4.42 Å². The molecule has 0 saturated carbocycles. The van der Waals surface area contributed by atoms with Gasteiger partial charge in [-0.25, -0.2) is 12.7 Å². The first-order valence-corrected chi connectivity index (χ1v) is 9.38. The molecule has 2 fully saturated rings. The minimum absolute atomic E-state index is 0.186. The standard InChI is InChI=1S/C13H22N4O3S/c1-21(18,19)17-8-4-11(5-9-17)13-16-15-12(20-13)10-2-6-14-7-3-10/h10-11,14H,2-9H2,1H3. The van der Waals surface area contributed by atoms with E-state index >= 15 is 0 Å². The third-order valence-electron chi connectivity index (χ3n) is 4.42. The van der Waals surface area contributed by atoms with E-state index in [0.717, 1.165) is 44.7 Å². The van der Waals surface area contributed by atoms with Crippen molar-refractivity contribution in [2.45, 2.75) is 37.5 Å². The lowest BCUT2D eigenvalue weighted by molar-refractivity contribution is 0.280. The Labute approximate surface area is 125 Å². The Balaban J connectivity index is 1.62. The number of piperidine rings is 2. The fourth-order valence-electron chi connectivity index (χ4n) is 3.08. The van der Waals surface area contributed by atoms with E-state index < -0.39 is 10.0 Å². The summed E-state index contributed by atoms with van der Waals surface area (Å²) in [7, 11) is -3.08. The van der Waals surface area contributed by atoms with Crippen molar-refractivity contribution < 1.29 is 12.8 Å². The van der Waals surface area contributed by atoms with E-state index in [-0.39, 0.29) is 5.92 Å². The van der Waals surface area contributed by atoms with Crippen molar-refractivity contribution >= 4 is 10.0 Å². The van der Waals surface area contributed by atoms with Crippen LogP contribution in [0.25, 0.3) is 0 Å². The second kappa shape index (κ2) is 6.02. The monoisotopic (exact) mass is 314 g/mol. The highest BCUT2D eigenvalue weighted by atomic mass is 32.2. The van der Waals surface area contributed by atoms with Gasteiger partial charge in [-0.2, -0.15) is 0 Å². The van der Waals surface area contributed by atoms with Gasteiger partial charge in [0.15, 0.2) is 0 Å². The third-order valence-corrected chi connectivity index (χ3v) is 5.72. The van der Waals surface area contributed by atoms with Crippen molar-refractivity contribution in [1.82, 2.24) is 19.8 Å². The van der Waals surface area contributed by atoms with Crippen LogP contribution in [-0.4, -0.2) is 55.4 Å². The Morgan fingerprint density at radius 3 is 2.10 bits per heavy atom. The van der Waals surface area contributed by atoms with Gasteiger partial charge in [0, 0.05) is 24.9 Å². The molecule has 3 rings (SSSR count). The molecule has 1 aromatic rings. The van der Waals surface area contributed by atoms with Crippen LogP contribution in [0.15, 0.2) is 4.42 Å². The van der Waals surface area contributed by atoms with Gasteiger partial charge in [-0.1, -0.05) is 0 Å². The van der Waals surface area contributed by atoms with E-state index in [1.54, 1.807) is 0 Å². The molecule has 2 aliphatic heterocycles. The third kappa shape index (κ3) is 3.44. The zero-order valence-electron chi connectivity index (χ0n) is 12.3. The van der Waals surface area contributed by atoms with Crippen molar-refractivity contribution in [3.05, 3.63) is 11.8 Å². The lowest BCUT2D eigenvalue weighted by atomic mass is 9.97. The van der Waals surface area contributed by atoms with Gasteiger partial charge in [-0.05, 0) is 38.8 Å². The summed E-state index contributed by atoms with van der Waals surface area (Å²) in [5.41, 5.74) is 0. The van der Waals surface area contributed by atoms with Gasteiger partial charge in [-0.3, -0.25) is 0 Å². The molecule has 8 heteroatoms. The van der Waals surface area contributed by atoms with E-state index in [9.17, 15) is 8.42 Å². The van der Waals surface area contributed by atoms with Crippen LogP contribution in [0.2, 0.25) is 0 Å². The van der Waals surface area contributed by atoms with Crippen molar-refractivity contribution in [2.75, 3.05) is 32.4 Å². The lowest BCUT2D eigenvalue weighted by Crippen LogP contribution is -2.37. The number of aromatic nitrogens is 2. The molecule has 2 saturated heterocycles. The summed E-state index contributed by atoms with van der Waals surface area (Å²) in [4.78, 5) is 0. The highest BCUT2D eigenvalue weighted by Crippen LogP contribution is 2.31. The first-order chi connectivity index (χ1) is 10.0. The molecular weight excluding hydrogens is 292 g/mol. The fraction of sp³-hybridized carbons (Fsp3) is 0.846. The molecule has 0 unspecified atom stereocenters. The summed E-state index contributed by atoms with van der Waals surface area (Å²) in [5.74, 6) is 1.98. The smallest absolute Gasteiger partial charge is 0.219 e. The molecular formula is C13H22N4O3S. The van der Waals surface area contributed by atoms with Gasteiger partial charge in [0.2, 0.25) is 21.8 Å². The van der Waals surface area contributed by atoms with E-state index in [2.05, 4.69) is 15.5 Å². The first kappa shape index (κ1) is 14.9. The van der Waals surface area contributed by atoms with Gasteiger partial charge in [0.1, 0.15) is 0 Å². The molecule has 7 nitrogen and oxygen atoms in total. The lowest BCUT2D eigenvalue weighted by Gasteiger charge is -2.28. The highest BCUT2D eigenvalue weighted by molar-refractivity contribution is 7.88. The molecule has 0 aromatic carbocycles. The summed E-state index contributed by atoms with van der Waals surface area (Å²) in [6, 6.07) is 0. The van der Waals surface area contributed by atoms with E-state index in [1.807, 2.05) is 0 Å². The van der Waals surface area contributed by atoms with Gasteiger partial charge in [0.25, 0.3) is 0 Å². The maximum absolute atomic E-state index is 11.5. The maximum Gasteiger partial charge on any atom is 0.219 e. The molecule has 0 radical (unpaired) electrons. The predicted octanol–water partition coefficient (Wildman–Crippen LogP) is 0.676. The Hall–Kier alpha value is -0.990. The zero-order valence-corrected chi connectivity index (χ0v) is 13.1. The zero-order chi connectivity index (χ0) is 14.9. The molecule has 0 atom stereocenters. The van der Waals surface area contributed by atoms with Crippen molar-refractivity contribution in [3.8, 4) is 0 Å². The minimum Gasteiger partial charge on any atom is -0.425 e. The molecule has 1 N–H and O–H groups in total. The molecule has 0 bridgehead atoms. The van der Waals surface area contributed by atoms with Crippen LogP contribution in [0, 0.1) is 0 Å². The molecule has 0 spiro atoms. The van der Waals surface area contributed by atoms with E-state index in [1.165, 1.54) is 10.6 Å². The number of rotatable bonds is 3. The predicted molar refractivity (Wildman–Crippen MR) is 77.5 cm³/mol. The van der Waals surface area contributed by atoms with Gasteiger partial charge < -0.3 is 9.73 Å². The molecule has 118 valence electrons. The summed E-state index contributed by atoms with van der Waals surface area (Å²) in [5, 5.41) is 11.7.